The number of anilines is 3. The highest BCUT2D eigenvalue weighted by atomic mass is 16.2. The second-order valence-electron chi connectivity index (χ2n) is 9.75. The number of hydrogen-bond donors (Lipinski definition) is 2. The summed E-state index contributed by atoms with van der Waals surface area (Å²) in [5.41, 5.74) is 5.33. The summed E-state index contributed by atoms with van der Waals surface area (Å²) in [6.45, 7) is 5.22. The molecule has 0 atom stereocenters. The molecule has 0 spiro atoms. The number of fused-ring (bicyclic) bond motifs is 2. The lowest BCUT2D eigenvalue weighted by Gasteiger charge is -2.32. The fourth-order valence-electron chi connectivity index (χ4n) is 4.78. The molecule has 2 amide bonds. The lowest BCUT2D eigenvalue weighted by molar-refractivity contribution is 0.164. The maximum absolute atomic E-state index is 13.1. The van der Waals surface area contributed by atoms with Crippen molar-refractivity contribution in [3.05, 3.63) is 47.9 Å². The van der Waals surface area contributed by atoms with Crippen LogP contribution in [0.5, 0.6) is 0 Å². The fraction of sp³-hybridized carbons (Fsp3) is 0.385. The van der Waals surface area contributed by atoms with Crippen molar-refractivity contribution in [1.82, 2.24) is 29.3 Å². The molecule has 1 saturated carbocycles. The molecule has 0 bridgehead atoms. The van der Waals surface area contributed by atoms with E-state index in [1.54, 1.807) is 0 Å². The Morgan fingerprint density at radius 3 is 2.60 bits per heavy atom. The Hall–Kier alpha value is -3.72. The molecule has 9 heteroatoms. The van der Waals surface area contributed by atoms with Gasteiger partial charge >= 0.3 is 6.03 Å². The highest BCUT2D eigenvalue weighted by Gasteiger charge is 2.30. The standard InChI is InChI=1S/C26H30N8O/c1-16-5-4-6-18-15-27-25(31-22(16)18)28-19-13-20(29-26(35)34-11-9-32(2)10-12-34)23-21(14-19)33(3)24(30-23)17-7-8-17/h4-6,13-15,17H,7-12H2,1-3H3,(H,29,35)(H,27,28,31). The second kappa shape index (κ2) is 8.49. The number of rotatable bonds is 4. The summed E-state index contributed by atoms with van der Waals surface area (Å²) in [7, 11) is 4.13. The lowest BCUT2D eigenvalue weighted by atomic mass is 10.1. The summed E-state index contributed by atoms with van der Waals surface area (Å²) < 4.78 is 2.15. The van der Waals surface area contributed by atoms with Gasteiger partial charge in [-0.05, 0) is 44.5 Å². The van der Waals surface area contributed by atoms with E-state index < -0.39 is 0 Å². The highest BCUT2D eigenvalue weighted by Crippen LogP contribution is 2.41. The van der Waals surface area contributed by atoms with Gasteiger partial charge in [-0.1, -0.05) is 18.2 Å². The normalized spacial score (nSPS) is 16.7. The largest absolute Gasteiger partial charge is 0.331 e. The summed E-state index contributed by atoms with van der Waals surface area (Å²) in [5, 5.41) is 7.51. The molecule has 35 heavy (non-hydrogen) atoms. The van der Waals surface area contributed by atoms with Gasteiger partial charge in [0.2, 0.25) is 5.95 Å². The van der Waals surface area contributed by atoms with E-state index in [-0.39, 0.29) is 6.03 Å². The number of likely N-dealkylation sites (N-methyl/N-ethyl adjacent to an activating group) is 1. The Bertz CT molecular complexity index is 1430. The van der Waals surface area contributed by atoms with E-state index in [0.717, 1.165) is 64.9 Å². The molecular formula is C26H30N8O. The van der Waals surface area contributed by atoms with Gasteiger partial charge in [-0.3, -0.25) is 0 Å². The summed E-state index contributed by atoms with van der Waals surface area (Å²) in [4.78, 5) is 31.4. The number of carbonyl (C=O) groups is 1. The highest BCUT2D eigenvalue weighted by molar-refractivity contribution is 6.01. The van der Waals surface area contributed by atoms with Crippen LogP contribution >= 0.6 is 0 Å². The lowest BCUT2D eigenvalue weighted by Crippen LogP contribution is -2.48. The number of aryl methyl sites for hydroxylation is 2. The van der Waals surface area contributed by atoms with E-state index in [1.165, 1.54) is 0 Å². The number of nitrogens with one attached hydrogen (secondary N) is 2. The van der Waals surface area contributed by atoms with Gasteiger partial charge in [0, 0.05) is 56.4 Å². The molecule has 0 radical (unpaired) electrons. The number of urea groups is 1. The molecule has 2 aliphatic rings. The molecule has 2 aromatic heterocycles. The number of benzene rings is 2. The monoisotopic (exact) mass is 470 g/mol. The zero-order valence-corrected chi connectivity index (χ0v) is 20.4. The van der Waals surface area contributed by atoms with E-state index in [0.29, 0.717) is 30.6 Å². The molecule has 1 aliphatic carbocycles. The minimum atomic E-state index is -0.0900. The smallest absolute Gasteiger partial charge is 0.321 e. The first-order valence-corrected chi connectivity index (χ1v) is 12.2. The van der Waals surface area contributed by atoms with Gasteiger partial charge in [0.1, 0.15) is 11.3 Å². The van der Waals surface area contributed by atoms with E-state index in [1.807, 2.05) is 42.3 Å². The Labute approximate surface area is 204 Å². The summed E-state index contributed by atoms with van der Waals surface area (Å²) in [5.74, 6) is 2.09. The van der Waals surface area contributed by atoms with Crippen LogP contribution in [0.25, 0.3) is 21.9 Å². The molecule has 2 aromatic carbocycles. The minimum Gasteiger partial charge on any atom is -0.331 e. The Balaban J connectivity index is 1.36. The molecule has 6 rings (SSSR count). The van der Waals surface area contributed by atoms with E-state index in [9.17, 15) is 4.79 Å². The summed E-state index contributed by atoms with van der Waals surface area (Å²) in [6.07, 6.45) is 4.16. The van der Waals surface area contributed by atoms with Crippen LogP contribution in [-0.2, 0) is 7.05 Å². The number of nitrogens with zero attached hydrogens (tertiary/aromatic N) is 6. The molecule has 1 saturated heterocycles. The Morgan fingerprint density at radius 2 is 1.83 bits per heavy atom. The van der Waals surface area contributed by atoms with Crippen LogP contribution in [0.1, 0.15) is 30.1 Å². The summed E-state index contributed by atoms with van der Waals surface area (Å²) >= 11 is 0. The van der Waals surface area contributed by atoms with E-state index in [4.69, 9.17) is 9.97 Å². The fourth-order valence-corrected chi connectivity index (χ4v) is 4.78. The third-order valence-electron chi connectivity index (χ3n) is 7.06. The van der Waals surface area contributed by atoms with Crippen LogP contribution in [0.2, 0.25) is 0 Å². The van der Waals surface area contributed by atoms with Crippen LogP contribution in [0, 0.1) is 6.92 Å². The topological polar surface area (TPSA) is 91.2 Å². The predicted octanol–water partition coefficient (Wildman–Crippen LogP) is 4.23. The third kappa shape index (κ3) is 4.16. The van der Waals surface area contributed by atoms with Crippen molar-refractivity contribution in [3.63, 3.8) is 0 Å². The maximum atomic E-state index is 13.1. The molecule has 2 N–H and O–H groups in total. The number of hydrogen-bond acceptors (Lipinski definition) is 6. The van der Waals surface area contributed by atoms with Crippen molar-refractivity contribution in [2.24, 2.45) is 7.05 Å². The zero-order valence-electron chi connectivity index (χ0n) is 20.4. The van der Waals surface area contributed by atoms with Crippen LogP contribution in [0.4, 0.5) is 22.1 Å². The first kappa shape index (κ1) is 21.8. The van der Waals surface area contributed by atoms with Gasteiger partial charge in [0.25, 0.3) is 0 Å². The van der Waals surface area contributed by atoms with Crippen molar-refractivity contribution in [3.8, 4) is 0 Å². The van der Waals surface area contributed by atoms with Crippen molar-refractivity contribution in [2.75, 3.05) is 43.9 Å². The minimum absolute atomic E-state index is 0.0900. The average Bonchev–Trinajstić information content (AvgIpc) is 3.64. The second-order valence-corrected chi connectivity index (χ2v) is 9.75. The Kier molecular flexibility index (Phi) is 5.29. The quantitative estimate of drug-likeness (QED) is 0.464. The third-order valence-corrected chi connectivity index (χ3v) is 7.06. The van der Waals surface area contributed by atoms with Gasteiger partial charge in [-0.25, -0.2) is 19.7 Å². The van der Waals surface area contributed by atoms with Gasteiger partial charge in [-0.2, -0.15) is 0 Å². The van der Waals surface area contributed by atoms with E-state index in [2.05, 4.69) is 45.2 Å². The molecular weight excluding hydrogens is 440 g/mol. The van der Waals surface area contributed by atoms with Gasteiger partial charge in [0.05, 0.1) is 16.7 Å². The van der Waals surface area contributed by atoms with E-state index >= 15 is 0 Å². The van der Waals surface area contributed by atoms with Gasteiger partial charge in [0.15, 0.2) is 0 Å². The van der Waals surface area contributed by atoms with Gasteiger partial charge < -0.3 is 25.0 Å². The number of carbonyl (C=O) groups excluding carboxylic acids is 1. The van der Waals surface area contributed by atoms with Crippen LogP contribution in [0.15, 0.2) is 36.5 Å². The molecule has 2 fully saturated rings. The Morgan fingerprint density at radius 1 is 1.03 bits per heavy atom. The average molecular weight is 471 g/mol. The molecule has 0 unspecified atom stereocenters. The number of imidazole rings is 1. The molecule has 9 nitrogen and oxygen atoms in total. The van der Waals surface area contributed by atoms with Gasteiger partial charge in [-0.15, -0.1) is 0 Å². The van der Waals surface area contributed by atoms with Crippen LogP contribution in [0.3, 0.4) is 0 Å². The summed E-state index contributed by atoms with van der Waals surface area (Å²) in [6, 6.07) is 9.98. The number of piperazine rings is 1. The predicted molar refractivity (Wildman–Crippen MR) is 138 cm³/mol. The number of aromatic nitrogens is 4. The van der Waals surface area contributed by atoms with Crippen molar-refractivity contribution < 1.29 is 4.79 Å². The van der Waals surface area contributed by atoms with Crippen LogP contribution < -0.4 is 10.6 Å². The first-order chi connectivity index (χ1) is 17.0. The van der Waals surface area contributed by atoms with Crippen molar-refractivity contribution in [2.45, 2.75) is 25.7 Å². The van der Waals surface area contributed by atoms with Crippen LogP contribution in [-0.4, -0.2) is 68.6 Å². The van der Waals surface area contributed by atoms with Crippen molar-refractivity contribution >= 4 is 45.3 Å². The van der Waals surface area contributed by atoms with Crippen molar-refractivity contribution in [1.29, 1.82) is 0 Å². The molecule has 3 heterocycles. The number of amides is 2. The number of para-hydroxylation sites is 1. The zero-order chi connectivity index (χ0) is 24.1. The molecule has 4 aromatic rings. The molecule has 1 aliphatic heterocycles. The maximum Gasteiger partial charge on any atom is 0.321 e. The SMILES string of the molecule is Cc1cccc2cnc(Nc3cc(NC(=O)N4CCN(C)CC4)c4nc(C5CC5)n(C)c4c3)nc12. The molecule has 180 valence electrons. The first-order valence-electron chi connectivity index (χ1n) is 12.2.